The Morgan fingerprint density at radius 2 is 2.22 bits per heavy atom. The van der Waals surface area contributed by atoms with Crippen molar-refractivity contribution in [3.8, 4) is 0 Å². The molecular formula is C10H9N7O. The fourth-order valence-electron chi connectivity index (χ4n) is 1.63. The fourth-order valence-corrected chi connectivity index (χ4v) is 1.63. The molecule has 0 saturated heterocycles. The summed E-state index contributed by atoms with van der Waals surface area (Å²) in [6, 6.07) is 7.37. The topological polar surface area (TPSA) is 101 Å². The summed E-state index contributed by atoms with van der Waals surface area (Å²) in [5.74, 6) is -0.227. The van der Waals surface area contributed by atoms with Crippen LogP contribution in [0.2, 0.25) is 0 Å². The monoisotopic (exact) mass is 243 g/mol. The average Bonchev–Trinajstić information content (AvgIpc) is 2.95. The van der Waals surface area contributed by atoms with Gasteiger partial charge in [0.2, 0.25) is 0 Å². The maximum atomic E-state index is 12.0. The molecule has 3 aromatic rings. The van der Waals surface area contributed by atoms with Crippen LogP contribution in [0.4, 0.5) is 5.95 Å². The second-order valence-electron chi connectivity index (χ2n) is 3.67. The van der Waals surface area contributed by atoms with Crippen molar-refractivity contribution in [1.82, 2.24) is 30.4 Å². The van der Waals surface area contributed by atoms with Crippen molar-refractivity contribution < 1.29 is 4.79 Å². The number of H-pyrrole nitrogens is 1. The van der Waals surface area contributed by atoms with E-state index in [9.17, 15) is 4.79 Å². The molecule has 2 aromatic heterocycles. The number of hydrogen-bond donors (Lipinski definition) is 2. The zero-order chi connectivity index (χ0) is 12.5. The number of rotatable bonds is 2. The van der Waals surface area contributed by atoms with Gasteiger partial charge in [0.1, 0.15) is 0 Å². The van der Waals surface area contributed by atoms with Crippen LogP contribution >= 0.6 is 0 Å². The van der Waals surface area contributed by atoms with Gasteiger partial charge in [0, 0.05) is 5.39 Å². The highest BCUT2D eigenvalue weighted by molar-refractivity contribution is 6.10. The highest BCUT2D eigenvalue weighted by Gasteiger charge is 2.15. The summed E-state index contributed by atoms with van der Waals surface area (Å²) in [4.78, 5) is 13.2. The van der Waals surface area contributed by atoms with Gasteiger partial charge in [0.05, 0.1) is 12.6 Å². The van der Waals surface area contributed by atoms with Crippen molar-refractivity contribution in [1.29, 1.82) is 0 Å². The Balaban J connectivity index is 1.92. The molecule has 2 N–H and O–H groups in total. The Hall–Kier alpha value is -2.77. The molecule has 90 valence electrons. The summed E-state index contributed by atoms with van der Waals surface area (Å²) < 4.78 is 0. The lowest BCUT2D eigenvalue weighted by Gasteiger charge is -1.96. The minimum Gasteiger partial charge on any atom is -0.286 e. The normalized spacial score (nSPS) is 10.7. The van der Waals surface area contributed by atoms with Gasteiger partial charge in [-0.1, -0.05) is 23.3 Å². The number of para-hydroxylation sites is 1. The third-order valence-corrected chi connectivity index (χ3v) is 2.42. The number of aromatic amines is 1. The van der Waals surface area contributed by atoms with Crippen LogP contribution in [0.5, 0.6) is 0 Å². The molecule has 0 unspecified atom stereocenters. The van der Waals surface area contributed by atoms with Crippen LogP contribution in [0.25, 0.3) is 10.9 Å². The number of nitrogens with zero attached hydrogens (tertiary/aromatic N) is 5. The number of aryl methyl sites for hydroxylation is 1. The number of carbonyl (C=O) groups excluding carboxylic acids is 1. The second kappa shape index (κ2) is 3.91. The molecule has 1 amide bonds. The number of fused-ring (bicyclic) bond motifs is 1. The van der Waals surface area contributed by atoms with Crippen molar-refractivity contribution in [2.75, 3.05) is 5.32 Å². The van der Waals surface area contributed by atoms with Crippen LogP contribution in [0.1, 0.15) is 10.5 Å². The summed E-state index contributed by atoms with van der Waals surface area (Å²) >= 11 is 0. The molecule has 0 saturated carbocycles. The molecule has 8 heteroatoms. The lowest BCUT2D eigenvalue weighted by atomic mass is 10.2. The van der Waals surface area contributed by atoms with E-state index in [1.54, 1.807) is 7.05 Å². The molecule has 2 heterocycles. The number of benzene rings is 1. The van der Waals surface area contributed by atoms with Gasteiger partial charge < -0.3 is 0 Å². The molecular weight excluding hydrogens is 234 g/mol. The van der Waals surface area contributed by atoms with Crippen molar-refractivity contribution in [3.05, 3.63) is 30.0 Å². The van der Waals surface area contributed by atoms with Crippen LogP contribution in [-0.2, 0) is 7.05 Å². The van der Waals surface area contributed by atoms with Crippen LogP contribution in [0, 0.1) is 0 Å². The van der Waals surface area contributed by atoms with Crippen LogP contribution in [-0.4, -0.2) is 36.3 Å². The highest BCUT2D eigenvalue weighted by Crippen LogP contribution is 2.15. The van der Waals surface area contributed by atoms with Crippen molar-refractivity contribution in [2.45, 2.75) is 0 Å². The molecule has 3 rings (SSSR count). The maximum Gasteiger partial charge on any atom is 0.279 e. The molecule has 18 heavy (non-hydrogen) atoms. The van der Waals surface area contributed by atoms with E-state index >= 15 is 0 Å². The molecule has 0 fully saturated rings. The van der Waals surface area contributed by atoms with Gasteiger partial charge in [0.25, 0.3) is 11.9 Å². The van der Waals surface area contributed by atoms with Crippen LogP contribution in [0.15, 0.2) is 24.3 Å². The molecule has 0 radical (unpaired) electrons. The van der Waals surface area contributed by atoms with Crippen molar-refractivity contribution in [3.63, 3.8) is 0 Å². The summed E-state index contributed by atoms with van der Waals surface area (Å²) in [5, 5.41) is 21.2. The maximum absolute atomic E-state index is 12.0. The van der Waals surface area contributed by atoms with E-state index in [1.165, 1.54) is 4.80 Å². The second-order valence-corrected chi connectivity index (χ2v) is 3.67. The SMILES string of the molecule is Cn1nnc(NC(=O)c2n[nH]c3ccccc23)n1. The summed E-state index contributed by atoms with van der Waals surface area (Å²) in [5.41, 5.74) is 1.10. The Labute approximate surface area is 101 Å². The number of amides is 1. The van der Waals surface area contributed by atoms with E-state index in [-0.39, 0.29) is 11.9 Å². The lowest BCUT2D eigenvalue weighted by molar-refractivity contribution is 0.102. The molecule has 0 aliphatic carbocycles. The quantitative estimate of drug-likeness (QED) is 0.675. The van der Waals surface area contributed by atoms with E-state index in [0.29, 0.717) is 5.69 Å². The summed E-state index contributed by atoms with van der Waals surface area (Å²) in [6.45, 7) is 0. The first kappa shape index (κ1) is 10.4. The predicted molar refractivity (Wildman–Crippen MR) is 62.8 cm³/mol. The molecule has 0 bridgehead atoms. The molecule has 0 aliphatic rings. The molecule has 1 aromatic carbocycles. The Kier molecular flexibility index (Phi) is 2.26. The van der Waals surface area contributed by atoms with E-state index in [1.807, 2.05) is 24.3 Å². The van der Waals surface area contributed by atoms with E-state index < -0.39 is 0 Å². The summed E-state index contributed by atoms with van der Waals surface area (Å²) in [6.07, 6.45) is 0. The van der Waals surface area contributed by atoms with E-state index in [4.69, 9.17) is 0 Å². The number of anilines is 1. The molecule has 0 aliphatic heterocycles. The van der Waals surface area contributed by atoms with E-state index in [0.717, 1.165) is 10.9 Å². The first-order valence-corrected chi connectivity index (χ1v) is 5.22. The Morgan fingerprint density at radius 3 is 3.00 bits per heavy atom. The smallest absolute Gasteiger partial charge is 0.279 e. The van der Waals surface area contributed by atoms with E-state index in [2.05, 4.69) is 30.9 Å². The highest BCUT2D eigenvalue weighted by atomic mass is 16.2. The number of aromatic nitrogens is 6. The van der Waals surface area contributed by atoms with Gasteiger partial charge in [-0.2, -0.15) is 9.90 Å². The van der Waals surface area contributed by atoms with Gasteiger partial charge >= 0.3 is 0 Å². The Morgan fingerprint density at radius 1 is 1.39 bits per heavy atom. The third-order valence-electron chi connectivity index (χ3n) is 2.42. The first-order chi connectivity index (χ1) is 8.74. The number of carbonyl (C=O) groups is 1. The largest absolute Gasteiger partial charge is 0.286 e. The fraction of sp³-hybridized carbons (Fsp3) is 0.100. The third kappa shape index (κ3) is 1.69. The van der Waals surface area contributed by atoms with Crippen molar-refractivity contribution >= 4 is 22.8 Å². The Bertz CT molecular complexity index is 714. The average molecular weight is 243 g/mol. The van der Waals surface area contributed by atoms with Gasteiger partial charge in [-0.15, -0.1) is 5.10 Å². The molecule has 0 atom stereocenters. The predicted octanol–water partition coefficient (Wildman–Crippen LogP) is 0.339. The minimum atomic E-state index is -0.375. The number of tetrazole rings is 1. The number of hydrogen-bond acceptors (Lipinski definition) is 5. The first-order valence-electron chi connectivity index (χ1n) is 5.22. The standard InChI is InChI=1S/C10H9N7O/c1-17-15-10(14-16-17)11-9(18)8-6-4-2-3-5-7(6)12-13-8/h2-5H,1H3,(H,12,13)(H,11,15,18). The molecule has 8 nitrogen and oxygen atoms in total. The number of nitrogens with one attached hydrogen (secondary N) is 2. The van der Waals surface area contributed by atoms with Gasteiger partial charge in [-0.25, -0.2) is 0 Å². The molecule has 0 spiro atoms. The van der Waals surface area contributed by atoms with Crippen molar-refractivity contribution in [2.24, 2.45) is 7.05 Å². The van der Waals surface area contributed by atoms with Crippen LogP contribution < -0.4 is 5.32 Å². The minimum absolute atomic E-state index is 0.148. The van der Waals surface area contributed by atoms with Crippen LogP contribution in [0.3, 0.4) is 0 Å². The van der Waals surface area contributed by atoms with Gasteiger partial charge in [0.15, 0.2) is 5.69 Å². The van der Waals surface area contributed by atoms with Gasteiger partial charge in [-0.3, -0.25) is 15.2 Å². The summed E-state index contributed by atoms with van der Waals surface area (Å²) in [7, 11) is 1.62. The zero-order valence-electron chi connectivity index (χ0n) is 9.45. The van der Waals surface area contributed by atoms with Gasteiger partial charge in [-0.05, 0) is 11.3 Å². The lowest BCUT2D eigenvalue weighted by Crippen LogP contribution is -2.14. The zero-order valence-corrected chi connectivity index (χ0v) is 9.45.